The Bertz CT molecular complexity index is 586. The Morgan fingerprint density at radius 1 is 1.19 bits per heavy atom. The maximum Gasteiger partial charge on any atom is 0.252 e. The Balaban J connectivity index is 1.78. The van der Waals surface area contributed by atoms with Crippen molar-refractivity contribution in [3.05, 3.63) is 40.9 Å². The molecule has 80 valence electrons. The lowest BCUT2D eigenvalue weighted by Crippen LogP contribution is -1.97. The summed E-state index contributed by atoms with van der Waals surface area (Å²) in [5, 5.41) is 7.20. The van der Waals surface area contributed by atoms with E-state index in [2.05, 4.69) is 20.1 Å². The first-order valence-corrected chi connectivity index (χ1v) is 5.82. The Hall–Kier alpha value is -1.82. The van der Waals surface area contributed by atoms with Gasteiger partial charge in [0.05, 0.1) is 5.01 Å². The summed E-state index contributed by atoms with van der Waals surface area (Å²) in [6, 6.07) is 0. The van der Waals surface area contributed by atoms with Crippen molar-refractivity contribution in [2.75, 3.05) is 0 Å². The van der Waals surface area contributed by atoms with Gasteiger partial charge < -0.3 is 0 Å². The van der Waals surface area contributed by atoms with E-state index in [-0.39, 0.29) is 0 Å². The zero-order valence-electron chi connectivity index (χ0n) is 8.45. The van der Waals surface area contributed by atoms with E-state index < -0.39 is 0 Å². The highest BCUT2D eigenvalue weighted by Gasteiger charge is 2.01. The number of hydrogen-bond acceptors (Lipinski definition) is 5. The molecule has 0 saturated carbocycles. The molecule has 3 heterocycles. The van der Waals surface area contributed by atoms with E-state index in [1.807, 2.05) is 24.0 Å². The summed E-state index contributed by atoms with van der Waals surface area (Å²) in [6.07, 6.45) is 9.02. The van der Waals surface area contributed by atoms with Crippen LogP contribution in [0.25, 0.3) is 5.78 Å². The van der Waals surface area contributed by atoms with Gasteiger partial charge in [0, 0.05) is 30.4 Å². The van der Waals surface area contributed by atoms with Gasteiger partial charge in [0.25, 0.3) is 5.78 Å². The first-order valence-electron chi connectivity index (χ1n) is 4.94. The van der Waals surface area contributed by atoms with Crippen LogP contribution in [0.1, 0.15) is 10.6 Å². The number of nitrogens with zero attached hydrogens (tertiary/aromatic N) is 5. The molecule has 0 amide bonds. The molecule has 0 aromatic carbocycles. The molecule has 0 aliphatic carbocycles. The summed E-state index contributed by atoms with van der Waals surface area (Å²) in [6.45, 7) is 0. The predicted octanol–water partition coefficient (Wildman–Crippen LogP) is 1.37. The highest BCUT2D eigenvalue weighted by Crippen LogP contribution is 2.09. The van der Waals surface area contributed by atoms with Crippen molar-refractivity contribution in [2.24, 2.45) is 0 Å². The maximum atomic E-state index is 4.25. The van der Waals surface area contributed by atoms with Gasteiger partial charge in [0.15, 0.2) is 0 Å². The Morgan fingerprint density at radius 3 is 3.06 bits per heavy atom. The van der Waals surface area contributed by atoms with Crippen LogP contribution in [-0.4, -0.2) is 24.6 Å². The van der Waals surface area contributed by atoms with Gasteiger partial charge in [-0.2, -0.15) is 10.1 Å². The molecule has 0 aliphatic heterocycles. The molecule has 3 aromatic rings. The minimum absolute atomic E-state index is 0.637. The van der Waals surface area contributed by atoms with Crippen LogP contribution in [0.15, 0.2) is 30.3 Å². The van der Waals surface area contributed by atoms with Gasteiger partial charge in [0.2, 0.25) is 0 Å². The molecule has 0 aliphatic rings. The van der Waals surface area contributed by atoms with Gasteiger partial charge in [0.1, 0.15) is 6.33 Å². The topological polar surface area (TPSA) is 56.0 Å². The molecule has 0 bridgehead atoms. The van der Waals surface area contributed by atoms with Crippen molar-refractivity contribution in [3.8, 4) is 0 Å². The van der Waals surface area contributed by atoms with Gasteiger partial charge in [-0.3, -0.25) is 0 Å². The normalized spacial score (nSPS) is 11.0. The third kappa shape index (κ3) is 1.79. The number of hydrogen-bond donors (Lipinski definition) is 0. The third-order valence-corrected chi connectivity index (χ3v) is 3.14. The summed E-state index contributed by atoms with van der Waals surface area (Å²) in [7, 11) is 0. The summed E-state index contributed by atoms with van der Waals surface area (Å²) in [5.41, 5.74) is 1.15. The predicted molar refractivity (Wildman–Crippen MR) is 60.3 cm³/mol. The molecule has 5 nitrogen and oxygen atoms in total. The molecule has 0 spiro atoms. The molecule has 0 N–H and O–H groups in total. The van der Waals surface area contributed by atoms with Gasteiger partial charge >= 0.3 is 0 Å². The number of rotatable bonds is 3. The first kappa shape index (κ1) is 9.41. The van der Waals surface area contributed by atoms with E-state index in [9.17, 15) is 0 Å². The molecular formula is C10H9N5S. The number of aryl methyl sites for hydroxylation is 2. The van der Waals surface area contributed by atoms with Crippen LogP contribution in [0.3, 0.4) is 0 Å². The molecule has 16 heavy (non-hydrogen) atoms. The minimum Gasteiger partial charge on any atom is -0.250 e. The minimum atomic E-state index is 0.637. The van der Waals surface area contributed by atoms with Gasteiger partial charge in [-0.25, -0.2) is 14.5 Å². The van der Waals surface area contributed by atoms with Crippen LogP contribution >= 0.6 is 11.3 Å². The average Bonchev–Trinajstić information content (AvgIpc) is 2.97. The van der Waals surface area contributed by atoms with E-state index in [0.29, 0.717) is 5.78 Å². The van der Waals surface area contributed by atoms with E-state index in [0.717, 1.165) is 23.4 Å². The van der Waals surface area contributed by atoms with E-state index in [4.69, 9.17) is 0 Å². The van der Waals surface area contributed by atoms with E-state index >= 15 is 0 Å². The lowest BCUT2D eigenvalue weighted by atomic mass is 10.2. The van der Waals surface area contributed by atoms with Crippen molar-refractivity contribution in [1.82, 2.24) is 24.6 Å². The lowest BCUT2D eigenvalue weighted by molar-refractivity contribution is 0.875. The van der Waals surface area contributed by atoms with Crippen molar-refractivity contribution >= 4 is 17.1 Å². The third-order valence-electron chi connectivity index (χ3n) is 2.30. The smallest absolute Gasteiger partial charge is 0.250 e. The highest BCUT2D eigenvalue weighted by atomic mass is 32.1. The van der Waals surface area contributed by atoms with Gasteiger partial charge in [-0.1, -0.05) is 0 Å². The Kier molecular flexibility index (Phi) is 2.34. The van der Waals surface area contributed by atoms with E-state index in [1.165, 1.54) is 6.33 Å². The summed E-state index contributed by atoms with van der Waals surface area (Å²) in [5.74, 6) is 0.637. The van der Waals surface area contributed by atoms with Crippen LogP contribution < -0.4 is 0 Å². The molecule has 6 heteroatoms. The van der Waals surface area contributed by atoms with Crippen molar-refractivity contribution in [1.29, 1.82) is 0 Å². The summed E-state index contributed by atoms with van der Waals surface area (Å²) < 4.78 is 1.69. The van der Waals surface area contributed by atoms with Gasteiger partial charge in [-0.05, 0) is 12.0 Å². The Morgan fingerprint density at radius 2 is 2.19 bits per heavy atom. The molecule has 0 fully saturated rings. The zero-order valence-corrected chi connectivity index (χ0v) is 9.26. The Labute approximate surface area is 95.8 Å². The molecule has 0 saturated heterocycles. The lowest BCUT2D eigenvalue weighted by Gasteiger charge is -1.98. The standard InChI is InChI=1S/C10H9N5S/c1(2-9-11-3-4-16-9)8-5-12-10-13-7-14-15(10)6-8/h3-7H,1-2H2. The second kappa shape index (κ2) is 3.97. The van der Waals surface area contributed by atoms with Crippen LogP contribution in [0.4, 0.5) is 0 Å². The monoisotopic (exact) mass is 231 g/mol. The number of fused-ring (bicyclic) bond motifs is 1. The maximum absolute atomic E-state index is 4.25. The largest absolute Gasteiger partial charge is 0.252 e. The number of aromatic nitrogens is 5. The second-order valence-electron chi connectivity index (χ2n) is 3.39. The first-order chi connectivity index (χ1) is 7.92. The fourth-order valence-electron chi connectivity index (χ4n) is 1.52. The quantitative estimate of drug-likeness (QED) is 0.683. The van der Waals surface area contributed by atoms with Crippen LogP contribution in [0.2, 0.25) is 0 Å². The SMILES string of the molecule is c1csc(CCc2cnc3ncnn3c2)n1. The number of thiazole rings is 1. The average molecular weight is 231 g/mol. The van der Waals surface area contributed by atoms with E-state index in [1.54, 1.807) is 15.9 Å². The van der Waals surface area contributed by atoms with Crippen molar-refractivity contribution in [2.45, 2.75) is 12.8 Å². The molecular weight excluding hydrogens is 222 g/mol. The second-order valence-corrected chi connectivity index (χ2v) is 4.37. The van der Waals surface area contributed by atoms with Crippen LogP contribution in [0.5, 0.6) is 0 Å². The van der Waals surface area contributed by atoms with Crippen molar-refractivity contribution < 1.29 is 0 Å². The molecule has 0 atom stereocenters. The molecule has 0 radical (unpaired) electrons. The van der Waals surface area contributed by atoms with Crippen LogP contribution in [-0.2, 0) is 12.8 Å². The van der Waals surface area contributed by atoms with Crippen molar-refractivity contribution in [3.63, 3.8) is 0 Å². The van der Waals surface area contributed by atoms with Crippen LogP contribution in [0, 0.1) is 0 Å². The van der Waals surface area contributed by atoms with Gasteiger partial charge in [-0.15, -0.1) is 11.3 Å². The molecule has 3 rings (SSSR count). The summed E-state index contributed by atoms with van der Waals surface area (Å²) >= 11 is 1.68. The molecule has 0 unspecified atom stereocenters. The fraction of sp³-hybridized carbons (Fsp3) is 0.200. The zero-order chi connectivity index (χ0) is 10.8. The molecule has 3 aromatic heterocycles. The highest BCUT2D eigenvalue weighted by molar-refractivity contribution is 7.09. The fourth-order valence-corrected chi connectivity index (χ4v) is 2.14. The summed E-state index contributed by atoms with van der Waals surface area (Å²) in [4.78, 5) is 12.5.